The van der Waals surface area contributed by atoms with E-state index in [0.29, 0.717) is 11.4 Å². The fraction of sp³-hybridized carbons (Fsp3) is 0.500. The Labute approximate surface area is 87.6 Å². The molecule has 0 amide bonds. The van der Waals surface area contributed by atoms with Crippen LogP contribution in [0.5, 0.6) is 0 Å². The highest BCUT2D eigenvalue weighted by Gasteiger charge is 2.18. The molecule has 6 heteroatoms. The van der Waals surface area contributed by atoms with Gasteiger partial charge in [0.25, 0.3) is 0 Å². The van der Waals surface area contributed by atoms with Crippen LogP contribution >= 0.6 is 11.3 Å². The molecule has 2 N–H and O–H groups in total. The van der Waals surface area contributed by atoms with Crippen molar-refractivity contribution in [2.75, 3.05) is 6.54 Å². The van der Waals surface area contributed by atoms with Crippen molar-refractivity contribution in [3.8, 4) is 0 Å². The van der Waals surface area contributed by atoms with Crippen LogP contribution in [0.1, 0.15) is 18.2 Å². The van der Waals surface area contributed by atoms with Crippen LogP contribution in [-0.4, -0.2) is 20.1 Å². The quantitative estimate of drug-likeness (QED) is 0.798. The predicted octanol–water partition coefficient (Wildman–Crippen LogP) is 0.929. The van der Waals surface area contributed by atoms with Crippen molar-refractivity contribution in [3.63, 3.8) is 0 Å². The van der Waals surface area contributed by atoms with Crippen LogP contribution in [0.2, 0.25) is 0 Å². The minimum absolute atomic E-state index is 0.193. The highest BCUT2D eigenvalue weighted by Crippen LogP contribution is 2.21. The van der Waals surface area contributed by atoms with E-state index in [9.17, 15) is 8.42 Å². The standard InChI is InChI=1S/C8H13NO3S2/c1-2-4-9-14(11,12)8-3-5-13-7(8)6-10/h3,5,9-10H,2,4,6H2,1H3. The van der Waals surface area contributed by atoms with Gasteiger partial charge in [0.2, 0.25) is 10.0 Å². The maximum atomic E-state index is 11.6. The lowest BCUT2D eigenvalue weighted by atomic mass is 10.5. The molecule has 0 bridgehead atoms. The van der Waals surface area contributed by atoms with Crippen LogP contribution in [0.15, 0.2) is 16.3 Å². The average Bonchev–Trinajstić information content (AvgIpc) is 2.63. The molecular formula is C8H13NO3S2. The van der Waals surface area contributed by atoms with Gasteiger partial charge in [-0.3, -0.25) is 0 Å². The van der Waals surface area contributed by atoms with Gasteiger partial charge in [-0.05, 0) is 17.9 Å². The normalized spacial score (nSPS) is 11.9. The summed E-state index contributed by atoms with van der Waals surface area (Å²) in [7, 11) is -3.42. The minimum atomic E-state index is -3.42. The molecule has 1 heterocycles. The first-order valence-electron chi connectivity index (χ1n) is 4.28. The lowest BCUT2D eigenvalue weighted by Crippen LogP contribution is -2.24. The summed E-state index contributed by atoms with van der Waals surface area (Å²) >= 11 is 1.24. The lowest BCUT2D eigenvalue weighted by Gasteiger charge is -2.04. The fourth-order valence-electron chi connectivity index (χ4n) is 0.998. The molecule has 0 spiro atoms. The third kappa shape index (κ3) is 2.54. The van der Waals surface area contributed by atoms with Gasteiger partial charge < -0.3 is 5.11 Å². The van der Waals surface area contributed by atoms with Crippen LogP contribution in [0, 0.1) is 0 Å². The van der Waals surface area contributed by atoms with Crippen LogP contribution in [-0.2, 0) is 16.6 Å². The molecule has 0 radical (unpaired) electrons. The van der Waals surface area contributed by atoms with Gasteiger partial charge in [-0.25, -0.2) is 13.1 Å². The Hall–Kier alpha value is -0.430. The molecular weight excluding hydrogens is 222 g/mol. The maximum absolute atomic E-state index is 11.6. The number of thiophene rings is 1. The molecule has 0 saturated carbocycles. The van der Waals surface area contributed by atoms with Crippen molar-refractivity contribution in [1.29, 1.82) is 0 Å². The van der Waals surface area contributed by atoms with E-state index in [1.807, 2.05) is 6.92 Å². The summed E-state index contributed by atoms with van der Waals surface area (Å²) in [4.78, 5) is 0.673. The molecule has 1 aromatic heterocycles. The van der Waals surface area contributed by atoms with Crippen molar-refractivity contribution in [2.24, 2.45) is 0 Å². The van der Waals surface area contributed by atoms with Crippen LogP contribution in [0.25, 0.3) is 0 Å². The second kappa shape index (κ2) is 4.88. The van der Waals surface area contributed by atoms with E-state index in [-0.39, 0.29) is 11.5 Å². The summed E-state index contributed by atoms with van der Waals surface area (Å²) in [6, 6.07) is 1.51. The molecule has 14 heavy (non-hydrogen) atoms. The van der Waals surface area contributed by atoms with E-state index in [1.165, 1.54) is 17.4 Å². The van der Waals surface area contributed by atoms with Crippen molar-refractivity contribution in [1.82, 2.24) is 4.72 Å². The van der Waals surface area contributed by atoms with Crippen molar-refractivity contribution < 1.29 is 13.5 Å². The molecule has 0 aliphatic carbocycles. The highest BCUT2D eigenvalue weighted by atomic mass is 32.2. The van der Waals surface area contributed by atoms with Crippen LogP contribution in [0.4, 0.5) is 0 Å². The maximum Gasteiger partial charge on any atom is 0.241 e. The third-order valence-electron chi connectivity index (χ3n) is 1.68. The minimum Gasteiger partial charge on any atom is -0.391 e. The first kappa shape index (κ1) is 11.6. The molecule has 0 fully saturated rings. The van der Waals surface area contributed by atoms with Gasteiger partial charge in [0.1, 0.15) is 0 Å². The van der Waals surface area contributed by atoms with E-state index < -0.39 is 10.0 Å². The van der Waals surface area contributed by atoms with Gasteiger partial charge in [0.15, 0.2) is 0 Å². The summed E-state index contributed by atoms with van der Waals surface area (Å²) in [5, 5.41) is 10.6. The van der Waals surface area contributed by atoms with Gasteiger partial charge in [0, 0.05) is 11.4 Å². The largest absolute Gasteiger partial charge is 0.391 e. The lowest BCUT2D eigenvalue weighted by molar-refractivity contribution is 0.282. The molecule has 1 rings (SSSR count). The Morgan fingerprint density at radius 1 is 1.57 bits per heavy atom. The van der Waals surface area contributed by atoms with Crippen molar-refractivity contribution >= 4 is 21.4 Å². The smallest absolute Gasteiger partial charge is 0.241 e. The Morgan fingerprint density at radius 3 is 2.86 bits per heavy atom. The number of aliphatic hydroxyl groups is 1. The molecule has 80 valence electrons. The zero-order chi connectivity index (χ0) is 10.6. The Morgan fingerprint density at radius 2 is 2.29 bits per heavy atom. The van der Waals surface area contributed by atoms with Gasteiger partial charge in [-0.1, -0.05) is 6.92 Å². The van der Waals surface area contributed by atoms with Crippen molar-refractivity contribution in [2.45, 2.75) is 24.8 Å². The Bertz CT molecular complexity index is 383. The van der Waals surface area contributed by atoms with E-state index in [1.54, 1.807) is 5.38 Å². The predicted molar refractivity (Wildman–Crippen MR) is 55.7 cm³/mol. The number of hydrogen-bond acceptors (Lipinski definition) is 4. The van der Waals surface area contributed by atoms with E-state index in [4.69, 9.17) is 5.11 Å². The molecule has 0 atom stereocenters. The molecule has 0 aliphatic rings. The molecule has 0 aromatic carbocycles. The second-order valence-corrected chi connectivity index (χ2v) is 5.50. The number of rotatable bonds is 5. The first-order valence-corrected chi connectivity index (χ1v) is 6.65. The fourth-order valence-corrected chi connectivity index (χ4v) is 3.42. The zero-order valence-corrected chi connectivity index (χ0v) is 9.49. The summed E-state index contributed by atoms with van der Waals surface area (Å²) in [5.41, 5.74) is 0. The van der Waals surface area contributed by atoms with E-state index in [0.717, 1.165) is 6.42 Å². The molecule has 0 unspecified atom stereocenters. The Balaban J connectivity index is 2.92. The summed E-state index contributed by atoms with van der Waals surface area (Å²) in [6.45, 7) is 2.08. The topological polar surface area (TPSA) is 66.4 Å². The number of sulfonamides is 1. The number of aliphatic hydroxyl groups excluding tert-OH is 1. The van der Waals surface area contributed by atoms with Gasteiger partial charge in [0.05, 0.1) is 11.5 Å². The SMILES string of the molecule is CCCNS(=O)(=O)c1ccsc1CO. The van der Waals surface area contributed by atoms with E-state index in [2.05, 4.69) is 4.72 Å². The third-order valence-corrected chi connectivity index (χ3v) is 4.26. The second-order valence-electron chi connectivity index (χ2n) is 2.76. The molecule has 4 nitrogen and oxygen atoms in total. The van der Waals surface area contributed by atoms with Crippen LogP contribution in [0.3, 0.4) is 0 Å². The van der Waals surface area contributed by atoms with E-state index >= 15 is 0 Å². The van der Waals surface area contributed by atoms with Crippen molar-refractivity contribution in [3.05, 3.63) is 16.3 Å². The van der Waals surface area contributed by atoms with Gasteiger partial charge in [-0.2, -0.15) is 0 Å². The first-order chi connectivity index (χ1) is 6.61. The summed E-state index contributed by atoms with van der Waals surface area (Å²) in [6.07, 6.45) is 0.748. The zero-order valence-electron chi connectivity index (χ0n) is 7.86. The van der Waals surface area contributed by atoms with Gasteiger partial charge in [-0.15, -0.1) is 11.3 Å². The monoisotopic (exact) mass is 235 g/mol. The molecule has 0 saturated heterocycles. The molecule has 1 aromatic rings. The Kier molecular flexibility index (Phi) is 4.06. The number of nitrogens with one attached hydrogen (secondary N) is 1. The molecule has 0 aliphatic heterocycles. The summed E-state index contributed by atoms with van der Waals surface area (Å²) < 4.78 is 25.7. The summed E-state index contributed by atoms with van der Waals surface area (Å²) in [5.74, 6) is 0. The average molecular weight is 235 g/mol. The number of hydrogen-bond donors (Lipinski definition) is 2. The van der Waals surface area contributed by atoms with Gasteiger partial charge >= 0.3 is 0 Å². The van der Waals surface area contributed by atoms with Crippen LogP contribution < -0.4 is 4.72 Å². The highest BCUT2D eigenvalue weighted by molar-refractivity contribution is 7.89.